The zero-order chi connectivity index (χ0) is 41.7. The first kappa shape index (κ1) is 54.6. The van der Waals surface area contributed by atoms with E-state index in [1.807, 2.05) is 48.6 Å². The normalized spacial score (nSPS) is 13.8. The highest BCUT2D eigenvalue weighted by Crippen LogP contribution is 2.17. The van der Waals surface area contributed by atoms with E-state index in [4.69, 9.17) is 4.74 Å². The van der Waals surface area contributed by atoms with Crippen molar-refractivity contribution in [3.8, 4) is 0 Å². The predicted molar refractivity (Wildman–Crippen MR) is 245 cm³/mol. The molecule has 1 amide bonds. The van der Waals surface area contributed by atoms with Crippen LogP contribution in [0, 0.1) is 0 Å². The van der Waals surface area contributed by atoms with E-state index in [0.29, 0.717) is 19.3 Å². The van der Waals surface area contributed by atoms with Crippen LogP contribution in [0.5, 0.6) is 0 Å². The third-order valence-corrected chi connectivity index (χ3v) is 10.7. The SMILES string of the molecule is CC/C=C/C=C/C=C\C=C/C=C/CCCC(CC(=O)NC(CO)C(O)CCCCCCCCCCCCCCCCC)OC(=O)CCCCCCCCCCCC. The van der Waals surface area contributed by atoms with Crippen molar-refractivity contribution in [2.24, 2.45) is 0 Å². The molecule has 330 valence electrons. The fraction of sp³-hybridized carbons (Fsp3) is 0.765. The van der Waals surface area contributed by atoms with Crippen LogP contribution in [-0.2, 0) is 14.3 Å². The number of esters is 1. The topological polar surface area (TPSA) is 95.9 Å². The average Bonchev–Trinajstić information content (AvgIpc) is 3.20. The van der Waals surface area contributed by atoms with E-state index in [-0.39, 0.29) is 24.9 Å². The third-order valence-electron chi connectivity index (χ3n) is 10.7. The predicted octanol–water partition coefficient (Wildman–Crippen LogP) is 14.1. The molecule has 0 radical (unpaired) electrons. The lowest BCUT2D eigenvalue weighted by Gasteiger charge is -2.24. The van der Waals surface area contributed by atoms with Gasteiger partial charge in [-0.2, -0.15) is 0 Å². The summed E-state index contributed by atoms with van der Waals surface area (Å²) in [6.07, 6.45) is 54.3. The zero-order valence-corrected chi connectivity index (χ0v) is 37.5. The summed E-state index contributed by atoms with van der Waals surface area (Å²) >= 11 is 0. The molecule has 3 N–H and O–H groups in total. The number of rotatable bonds is 42. The second kappa shape index (κ2) is 44.7. The van der Waals surface area contributed by atoms with E-state index in [0.717, 1.165) is 57.8 Å². The molecule has 0 saturated heterocycles. The fourth-order valence-electron chi connectivity index (χ4n) is 7.10. The Bertz CT molecular complexity index is 1030. The van der Waals surface area contributed by atoms with Crippen LogP contribution in [0.2, 0.25) is 0 Å². The van der Waals surface area contributed by atoms with Gasteiger partial charge in [0.1, 0.15) is 6.10 Å². The Morgan fingerprint density at radius 3 is 1.40 bits per heavy atom. The molecule has 0 saturated carbocycles. The maximum atomic E-state index is 13.1. The highest BCUT2D eigenvalue weighted by molar-refractivity contribution is 5.77. The van der Waals surface area contributed by atoms with Gasteiger partial charge in [0.15, 0.2) is 0 Å². The number of aliphatic hydroxyl groups excluding tert-OH is 2. The summed E-state index contributed by atoms with van der Waals surface area (Å²) in [6.45, 7) is 6.30. The van der Waals surface area contributed by atoms with E-state index < -0.39 is 18.2 Å². The second-order valence-electron chi connectivity index (χ2n) is 16.3. The van der Waals surface area contributed by atoms with Crippen LogP contribution in [0.25, 0.3) is 0 Å². The monoisotopic (exact) mass is 798 g/mol. The summed E-state index contributed by atoms with van der Waals surface area (Å²) in [4.78, 5) is 26.0. The summed E-state index contributed by atoms with van der Waals surface area (Å²) in [5.74, 6) is -0.547. The molecule has 0 bridgehead atoms. The van der Waals surface area contributed by atoms with Crippen LogP contribution in [0.3, 0.4) is 0 Å². The van der Waals surface area contributed by atoms with Crippen LogP contribution in [-0.4, -0.2) is 46.9 Å². The van der Waals surface area contributed by atoms with E-state index in [1.54, 1.807) is 0 Å². The quantitative estimate of drug-likeness (QED) is 0.0325. The molecule has 0 aromatic rings. The van der Waals surface area contributed by atoms with Crippen LogP contribution in [0.15, 0.2) is 60.8 Å². The number of hydrogen-bond donors (Lipinski definition) is 3. The minimum atomic E-state index is -0.805. The number of aliphatic hydroxyl groups is 2. The van der Waals surface area contributed by atoms with Crippen molar-refractivity contribution >= 4 is 11.9 Å². The van der Waals surface area contributed by atoms with Gasteiger partial charge < -0.3 is 20.3 Å². The van der Waals surface area contributed by atoms with Crippen LogP contribution >= 0.6 is 0 Å². The fourth-order valence-corrected chi connectivity index (χ4v) is 7.10. The lowest BCUT2D eigenvalue weighted by atomic mass is 10.0. The van der Waals surface area contributed by atoms with Crippen molar-refractivity contribution in [1.82, 2.24) is 5.32 Å². The molecule has 0 aliphatic carbocycles. The zero-order valence-electron chi connectivity index (χ0n) is 37.5. The molecule has 3 atom stereocenters. The van der Waals surface area contributed by atoms with E-state index in [9.17, 15) is 19.8 Å². The first-order valence-electron chi connectivity index (χ1n) is 24.1. The Balaban J connectivity index is 4.64. The number of unbranched alkanes of at least 4 members (excludes halogenated alkanes) is 24. The van der Waals surface area contributed by atoms with Crippen LogP contribution < -0.4 is 5.32 Å². The van der Waals surface area contributed by atoms with E-state index in [2.05, 4.69) is 38.2 Å². The van der Waals surface area contributed by atoms with Crippen LogP contribution in [0.1, 0.15) is 226 Å². The lowest BCUT2D eigenvalue weighted by molar-refractivity contribution is -0.151. The molecule has 0 fully saturated rings. The van der Waals surface area contributed by atoms with Gasteiger partial charge in [-0.15, -0.1) is 0 Å². The summed E-state index contributed by atoms with van der Waals surface area (Å²) in [5, 5.41) is 23.7. The largest absolute Gasteiger partial charge is 0.462 e. The number of hydrogen-bond acceptors (Lipinski definition) is 5. The van der Waals surface area contributed by atoms with Gasteiger partial charge in [-0.25, -0.2) is 0 Å². The summed E-state index contributed by atoms with van der Waals surface area (Å²) in [7, 11) is 0. The lowest BCUT2D eigenvalue weighted by Crippen LogP contribution is -2.46. The van der Waals surface area contributed by atoms with Gasteiger partial charge in [0, 0.05) is 6.42 Å². The molecule has 0 heterocycles. The van der Waals surface area contributed by atoms with E-state index >= 15 is 0 Å². The Kier molecular flexibility index (Phi) is 42.7. The second-order valence-corrected chi connectivity index (χ2v) is 16.3. The van der Waals surface area contributed by atoms with Crippen molar-refractivity contribution in [3.05, 3.63) is 60.8 Å². The standard InChI is InChI=1S/C51H91NO5/c1-4-7-10-13-16-19-22-24-25-27-29-31-34-37-40-43-49(54)48(46-53)52-50(55)45-47(42-39-36-33-30-28-26-23-20-17-14-11-8-5-2)57-51(56)44-41-38-35-32-21-18-15-12-9-6-3/h8,11,14,17,20,23,26,28,30,33,47-49,53-54H,4-7,9-10,12-13,15-16,18-19,21-22,24-25,27,29,31-32,34-46H2,1-3H3,(H,52,55)/b11-8+,17-14+,23-20-,28-26-,33-30+. The first-order valence-corrected chi connectivity index (χ1v) is 24.1. The van der Waals surface area contributed by atoms with Gasteiger partial charge in [0.05, 0.1) is 25.2 Å². The number of carbonyl (C=O) groups is 2. The van der Waals surface area contributed by atoms with E-state index in [1.165, 1.54) is 122 Å². The molecule has 57 heavy (non-hydrogen) atoms. The molecule has 0 spiro atoms. The smallest absolute Gasteiger partial charge is 0.306 e. The van der Waals surface area contributed by atoms with Crippen LogP contribution in [0.4, 0.5) is 0 Å². The Morgan fingerprint density at radius 1 is 0.526 bits per heavy atom. The molecule has 0 rings (SSSR count). The van der Waals surface area contributed by atoms with Crippen molar-refractivity contribution in [2.45, 2.75) is 244 Å². The van der Waals surface area contributed by atoms with Gasteiger partial charge in [0.25, 0.3) is 0 Å². The molecule has 0 aromatic carbocycles. The van der Waals surface area contributed by atoms with Gasteiger partial charge in [-0.05, 0) is 38.5 Å². The molecule has 6 heteroatoms. The molecule has 0 aliphatic heterocycles. The molecule has 3 unspecified atom stereocenters. The van der Waals surface area contributed by atoms with Crippen molar-refractivity contribution < 1.29 is 24.5 Å². The summed E-state index contributed by atoms with van der Waals surface area (Å²) < 4.78 is 5.86. The number of carbonyl (C=O) groups excluding carboxylic acids is 2. The van der Waals surface area contributed by atoms with Gasteiger partial charge >= 0.3 is 5.97 Å². The van der Waals surface area contributed by atoms with Crippen molar-refractivity contribution in [1.29, 1.82) is 0 Å². The number of allylic oxidation sites excluding steroid dienone is 10. The van der Waals surface area contributed by atoms with Gasteiger partial charge in [-0.1, -0.05) is 236 Å². The molecule has 6 nitrogen and oxygen atoms in total. The Hall–Kier alpha value is -2.44. The average molecular weight is 798 g/mol. The third kappa shape index (κ3) is 40.1. The highest BCUT2D eigenvalue weighted by atomic mass is 16.5. The van der Waals surface area contributed by atoms with Crippen molar-refractivity contribution in [3.63, 3.8) is 0 Å². The van der Waals surface area contributed by atoms with Crippen molar-refractivity contribution in [2.75, 3.05) is 6.61 Å². The summed E-state index contributed by atoms with van der Waals surface area (Å²) in [6, 6.07) is -0.723. The molecular formula is C51H91NO5. The molecule has 0 aliphatic rings. The number of amides is 1. The minimum absolute atomic E-state index is 0.0291. The minimum Gasteiger partial charge on any atom is -0.462 e. The summed E-state index contributed by atoms with van der Waals surface area (Å²) in [5.41, 5.74) is 0. The van der Waals surface area contributed by atoms with Gasteiger partial charge in [0.2, 0.25) is 5.91 Å². The highest BCUT2D eigenvalue weighted by Gasteiger charge is 2.24. The Labute approximate surface area is 352 Å². The number of nitrogens with one attached hydrogen (secondary N) is 1. The maximum Gasteiger partial charge on any atom is 0.306 e. The number of ether oxygens (including phenoxy) is 1. The van der Waals surface area contributed by atoms with Gasteiger partial charge in [-0.3, -0.25) is 9.59 Å². The molecular weight excluding hydrogens is 707 g/mol. The molecule has 0 aromatic heterocycles. The maximum absolute atomic E-state index is 13.1. The first-order chi connectivity index (χ1) is 28.0. The Morgan fingerprint density at radius 2 is 0.947 bits per heavy atom.